The summed E-state index contributed by atoms with van der Waals surface area (Å²) < 4.78 is 0. The second-order valence-corrected chi connectivity index (χ2v) is 4.43. The molecule has 2 atom stereocenters. The minimum absolute atomic E-state index is 0.0769. The van der Waals surface area contributed by atoms with Gasteiger partial charge in [0.15, 0.2) is 0 Å². The Morgan fingerprint density at radius 1 is 1.47 bits per heavy atom. The maximum absolute atomic E-state index is 11.1. The molecule has 1 rings (SSSR count). The van der Waals surface area contributed by atoms with Crippen LogP contribution in [0.15, 0.2) is 0 Å². The third-order valence-corrected chi connectivity index (χ3v) is 3.17. The van der Waals surface area contributed by atoms with E-state index in [9.17, 15) is 4.79 Å². The first-order valence-electron chi connectivity index (χ1n) is 5.82. The zero-order chi connectivity index (χ0) is 11.3. The lowest BCUT2D eigenvalue weighted by Crippen LogP contribution is -2.52. The summed E-state index contributed by atoms with van der Waals surface area (Å²) in [6.45, 7) is 3.18. The number of likely N-dealkylation sites (N-methyl/N-ethyl adjacent to an activating group) is 1. The first kappa shape index (κ1) is 12.5. The molecule has 1 amide bonds. The van der Waals surface area contributed by atoms with E-state index in [0.29, 0.717) is 18.6 Å². The summed E-state index contributed by atoms with van der Waals surface area (Å²) in [6.07, 6.45) is 4.74. The highest BCUT2D eigenvalue weighted by molar-refractivity contribution is 5.73. The van der Waals surface area contributed by atoms with Crippen molar-refractivity contribution in [1.29, 1.82) is 0 Å². The van der Waals surface area contributed by atoms with Gasteiger partial charge in [0.1, 0.15) is 0 Å². The number of nitrogens with two attached hydrogens (primary N) is 1. The Kier molecular flexibility index (Phi) is 5.05. The average Bonchev–Trinajstić information content (AvgIpc) is 2.18. The van der Waals surface area contributed by atoms with Crippen molar-refractivity contribution in [3.05, 3.63) is 0 Å². The molecule has 3 N–H and O–H groups in total. The zero-order valence-electron chi connectivity index (χ0n) is 9.83. The third kappa shape index (κ3) is 3.80. The van der Waals surface area contributed by atoms with Gasteiger partial charge in [0.05, 0.1) is 0 Å². The maximum atomic E-state index is 11.1. The minimum Gasteiger partial charge on any atom is -0.352 e. The molecular weight excluding hydrogens is 190 g/mol. The van der Waals surface area contributed by atoms with Crippen LogP contribution in [0.5, 0.6) is 0 Å². The second-order valence-electron chi connectivity index (χ2n) is 4.43. The van der Waals surface area contributed by atoms with Gasteiger partial charge in [0.25, 0.3) is 0 Å². The second kappa shape index (κ2) is 6.08. The van der Waals surface area contributed by atoms with Gasteiger partial charge in [-0.05, 0) is 19.9 Å². The molecule has 0 bridgehead atoms. The van der Waals surface area contributed by atoms with Crippen molar-refractivity contribution >= 4 is 5.91 Å². The van der Waals surface area contributed by atoms with Gasteiger partial charge in [-0.2, -0.15) is 0 Å². The molecule has 4 nitrogen and oxygen atoms in total. The lowest BCUT2D eigenvalue weighted by Gasteiger charge is -2.38. The van der Waals surface area contributed by atoms with Crippen molar-refractivity contribution in [2.24, 2.45) is 5.73 Å². The number of hydrogen-bond acceptors (Lipinski definition) is 3. The molecule has 0 aromatic rings. The van der Waals surface area contributed by atoms with Crippen molar-refractivity contribution in [1.82, 2.24) is 10.2 Å². The van der Waals surface area contributed by atoms with E-state index < -0.39 is 0 Å². The molecule has 1 fully saturated rings. The fraction of sp³-hybridized carbons (Fsp3) is 0.909. The van der Waals surface area contributed by atoms with Crippen LogP contribution in [0.25, 0.3) is 0 Å². The maximum Gasteiger partial charge on any atom is 0.217 e. The van der Waals surface area contributed by atoms with Crippen molar-refractivity contribution in [2.75, 3.05) is 20.1 Å². The van der Waals surface area contributed by atoms with Crippen LogP contribution in [0.2, 0.25) is 0 Å². The van der Waals surface area contributed by atoms with Gasteiger partial charge in [-0.15, -0.1) is 0 Å². The van der Waals surface area contributed by atoms with Gasteiger partial charge in [0.2, 0.25) is 5.91 Å². The number of rotatable bonds is 4. The number of nitrogens with zero attached hydrogens (tertiary/aromatic N) is 1. The number of amides is 1. The number of nitrogens with one attached hydrogen (secondary N) is 1. The Labute approximate surface area is 92.2 Å². The van der Waals surface area contributed by atoms with Gasteiger partial charge in [-0.1, -0.05) is 12.8 Å². The molecule has 1 aliphatic rings. The molecule has 0 aliphatic heterocycles. The first-order valence-corrected chi connectivity index (χ1v) is 5.82. The van der Waals surface area contributed by atoms with Crippen LogP contribution in [-0.4, -0.2) is 43.0 Å². The molecule has 0 saturated heterocycles. The number of carbonyl (C=O) groups is 1. The highest BCUT2D eigenvalue weighted by atomic mass is 16.1. The Bertz CT molecular complexity index is 208. The fourth-order valence-corrected chi connectivity index (χ4v) is 2.44. The molecule has 1 saturated carbocycles. The predicted molar refractivity (Wildman–Crippen MR) is 61.5 cm³/mol. The molecule has 0 spiro atoms. The molecule has 1 aliphatic carbocycles. The van der Waals surface area contributed by atoms with E-state index in [1.54, 1.807) is 6.92 Å². The third-order valence-electron chi connectivity index (χ3n) is 3.17. The molecule has 4 heteroatoms. The smallest absolute Gasteiger partial charge is 0.217 e. The monoisotopic (exact) mass is 213 g/mol. The van der Waals surface area contributed by atoms with E-state index in [1.807, 2.05) is 0 Å². The Hall–Kier alpha value is -0.610. The highest BCUT2D eigenvalue weighted by Gasteiger charge is 2.28. The van der Waals surface area contributed by atoms with Crippen LogP contribution >= 0.6 is 0 Å². The lowest BCUT2D eigenvalue weighted by atomic mass is 9.89. The summed E-state index contributed by atoms with van der Waals surface area (Å²) in [6, 6.07) is 0.777. The van der Waals surface area contributed by atoms with Crippen molar-refractivity contribution in [3.63, 3.8) is 0 Å². The van der Waals surface area contributed by atoms with Crippen LogP contribution in [-0.2, 0) is 4.79 Å². The quantitative estimate of drug-likeness (QED) is 0.707. The van der Waals surface area contributed by atoms with E-state index in [2.05, 4.69) is 17.3 Å². The van der Waals surface area contributed by atoms with Crippen LogP contribution < -0.4 is 11.1 Å². The van der Waals surface area contributed by atoms with Crippen molar-refractivity contribution in [2.45, 2.75) is 44.7 Å². The predicted octanol–water partition coefficient (Wildman–Crippen LogP) is 0.324. The minimum atomic E-state index is 0.0769. The van der Waals surface area contributed by atoms with Gasteiger partial charge in [-0.3, -0.25) is 4.79 Å². The SMILES string of the molecule is CC(=O)N[C@@H]1CCCC[C@H]1N(C)CCN. The van der Waals surface area contributed by atoms with Crippen molar-refractivity contribution < 1.29 is 4.79 Å². The summed E-state index contributed by atoms with van der Waals surface area (Å²) in [5.41, 5.74) is 5.55. The molecule has 0 radical (unpaired) electrons. The Morgan fingerprint density at radius 3 is 2.73 bits per heavy atom. The summed E-state index contributed by atoms with van der Waals surface area (Å²) in [4.78, 5) is 13.4. The van der Waals surface area contributed by atoms with Gasteiger partial charge in [-0.25, -0.2) is 0 Å². The van der Waals surface area contributed by atoms with E-state index in [-0.39, 0.29) is 5.91 Å². The zero-order valence-corrected chi connectivity index (χ0v) is 9.83. The van der Waals surface area contributed by atoms with E-state index in [4.69, 9.17) is 5.73 Å². The normalized spacial score (nSPS) is 26.7. The molecule has 0 aromatic heterocycles. The molecule has 0 heterocycles. The standard InChI is InChI=1S/C11H23N3O/c1-9(15)13-10-5-3-4-6-11(10)14(2)8-7-12/h10-11H,3-8,12H2,1-2H3,(H,13,15)/t10-,11-/m1/s1. The molecule has 15 heavy (non-hydrogen) atoms. The highest BCUT2D eigenvalue weighted by Crippen LogP contribution is 2.22. The van der Waals surface area contributed by atoms with Crippen LogP contribution in [0, 0.1) is 0 Å². The number of carbonyl (C=O) groups excluding carboxylic acids is 1. The first-order chi connectivity index (χ1) is 7.15. The molecule has 88 valence electrons. The largest absolute Gasteiger partial charge is 0.352 e. The van der Waals surface area contributed by atoms with Crippen LogP contribution in [0.1, 0.15) is 32.6 Å². The summed E-state index contributed by atoms with van der Waals surface area (Å²) in [5, 5.41) is 3.05. The summed E-state index contributed by atoms with van der Waals surface area (Å²) >= 11 is 0. The summed E-state index contributed by atoms with van der Waals surface area (Å²) in [7, 11) is 2.09. The van der Waals surface area contributed by atoms with Crippen molar-refractivity contribution in [3.8, 4) is 0 Å². The molecule has 0 aromatic carbocycles. The topological polar surface area (TPSA) is 58.4 Å². The fourth-order valence-electron chi connectivity index (χ4n) is 2.44. The molecular formula is C11H23N3O. The Morgan fingerprint density at radius 2 is 2.13 bits per heavy atom. The van der Waals surface area contributed by atoms with Gasteiger partial charge >= 0.3 is 0 Å². The lowest BCUT2D eigenvalue weighted by molar-refractivity contribution is -0.120. The Balaban J connectivity index is 2.52. The van der Waals surface area contributed by atoms with E-state index >= 15 is 0 Å². The van der Waals surface area contributed by atoms with Gasteiger partial charge < -0.3 is 16.0 Å². The van der Waals surface area contributed by atoms with E-state index in [0.717, 1.165) is 13.0 Å². The average molecular weight is 213 g/mol. The van der Waals surface area contributed by atoms with E-state index in [1.165, 1.54) is 19.3 Å². The van der Waals surface area contributed by atoms with Crippen LogP contribution in [0.3, 0.4) is 0 Å². The van der Waals surface area contributed by atoms with Crippen LogP contribution in [0.4, 0.5) is 0 Å². The molecule has 0 unspecified atom stereocenters. The summed E-state index contributed by atoms with van der Waals surface area (Å²) in [5.74, 6) is 0.0769. The number of hydrogen-bond donors (Lipinski definition) is 2. The van der Waals surface area contributed by atoms with Gasteiger partial charge in [0, 0.05) is 32.1 Å².